The number of nitrogens with one attached hydrogen (secondary N) is 1. The van der Waals surface area contributed by atoms with Gasteiger partial charge in [-0.1, -0.05) is 44.2 Å². The standard InChI is InChI=1S/C23H32N2O2/c1-17(2)14-24-11-7-8-12-27-23-18(3)25-22(20-15-26-16-21(20)23)13-19-9-5-4-6-10-19/h4-6,9-10,17,24H,7-8,11-16H2,1-3H3. The van der Waals surface area contributed by atoms with Gasteiger partial charge < -0.3 is 14.8 Å². The highest BCUT2D eigenvalue weighted by molar-refractivity contribution is 5.47. The molecule has 1 aliphatic heterocycles. The van der Waals surface area contributed by atoms with E-state index in [0.717, 1.165) is 56.1 Å². The lowest BCUT2D eigenvalue weighted by molar-refractivity contribution is 0.132. The summed E-state index contributed by atoms with van der Waals surface area (Å²) in [5, 5.41) is 3.48. The van der Waals surface area contributed by atoms with Crippen LogP contribution in [0.1, 0.15) is 54.8 Å². The predicted octanol–water partition coefficient (Wildman–Crippen LogP) is 4.42. The second-order valence-electron chi connectivity index (χ2n) is 7.74. The number of fused-ring (bicyclic) bond motifs is 1. The van der Waals surface area contributed by atoms with E-state index in [2.05, 4.69) is 43.4 Å². The van der Waals surface area contributed by atoms with Gasteiger partial charge in [0.1, 0.15) is 5.75 Å². The maximum Gasteiger partial charge on any atom is 0.146 e. The van der Waals surface area contributed by atoms with Crippen LogP contribution in [0.15, 0.2) is 30.3 Å². The van der Waals surface area contributed by atoms with Crippen LogP contribution in [0.3, 0.4) is 0 Å². The van der Waals surface area contributed by atoms with Crippen molar-refractivity contribution >= 4 is 0 Å². The van der Waals surface area contributed by atoms with E-state index in [1.54, 1.807) is 0 Å². The molecule has 4 nitrogen and oxygen atoms in total. The average molecular weight is 369 g/mol. The maximum absolute atomic E-state index is 6.14. The van der Waals surface area contributed by atoms with E-state index < -0.39 is 0 Å². The van der Waals surface area contributed by atoms with Crippen LogP contribution in [0.2, 0.25) is 0 Å². The number of hydrogen-bond donors (Lipinski definition) is 1. The Morgan fingerprint density at radius 1 is 1.11 bits per heavy atom. The first-order chi connectivity index (χ1) is 13.1. The van der Waals surface area contributed by atoms with Gasteiger partial charge in [-0.2, -0.15) is 0 Å². The number of unbranched alkanes of at least 4 members (excludes halogenated alkanes) is 1. The lowest BCUT2D eigenvalue weighted by atomic mass is 10.0. The van der Waals surface area contributed by atoms with E-state index in [1.807, 2.05) is 13.0 Å². The van der Waals surface area contributed by atoms with Crippen LogP contribution in [0.25, 0.3) is 0 Å². The number of pyridine rings is 1. The van der Waals surface area contributed by atoms with Gasteiger partial charge >= 0.3 is 0 Å². The summed E-state index contributed by atoms with van der Waals surface area (Å²) in [4.78, 5) is 4.87. The van der Waals surface area contributed by atoms with Crippen LogP contribution in [0.4, 0.5) is 0 Å². The molecule has 0 unspecified atom stereocenters. The first kappa shape index (κ1) is 19.8. The molecule has 4 heteroatoms. The highest BCUT2D eigenvalue weighted by atomic mass is 16.5. The van der Waals surface area contributed by atoms with Crippen molar-refractivity contribution in [2.45, 2.75) is 53.2 Å². The smallest absolute Gasteiger partial charge is 0.146 e. The highest BCUT2D eigenvalue weighted by Crippen LogP contribution is 2.34. The average Bonchev–Trinajstić information content (AvgIpc) is 3.13. The Kier molecular flexibility index (Phi) is 7.25. The van der Waals surface area contributed by atoms with Crippen molar-refractivity contribution in [1.29, 1.82) is 0 Å². The molecule has 2 aromatic rings. The molecule has 146 valence electrons. The van der Waals surface area contributed by atoms with E-state index in [-0.39, 0.29) is 0 Å². The van der Waals surface area contributed by atoms with Crippen molar-refractivity contribution < 1.29 is 9.47 Å². The summed E-state index contributed by atoms with van der Waals surface area (Å²) < 4.78 is 11.9. The Morgan fingerprint density at radius 3 is 2.67 bits per heavy atom. The third kappa shape index (κ3) is 5.53. The fourth-order valence-electron chi connectivity index (χ4n) is 3.47. The van der Waals surface area contributed by atoms with E-state index in [1.165, 1.54) is 16.7 Å². The first-order valence-corrected chi connectivity index (χ1v) is 10.1. The topological polar surface area (TPSA) is 43.4 Å². The van der Waals surface area contributed by atoms with Gasteiger partial charge in [0.25, 0.3) is 0 Å². The van der Waals surface area contributed by atoms with E-state index in [0.29, 0.717) is 19.1 Å². The summed E-state index contributed by atoms with van der Waals surface area (Å²) in [6, 6.07) is 10.5. The Hall–Kier alpha value is -1.91. The molecule has 1 aliphatic rings. The van der Waals surface area contributed by atoms with Crippen LogP contribution in [-0.4, -0.2) is 24.7 Å². The van der Waals surface area contributed by atoms with Gasteiger partial charge in [-0.05, 0) is 44.3 Å². The van der Waals surface area contributed by atoms with Crippen molar-refractivity contribution in [3.8, 4) is 5.75 Å². The van der Waals surface area contributed by atoms with Gasteiger partial charge in [0.05, 0.1) is 31.2 Å². The monoisotopic (exact) mass is 368 g/mol. The van der Waals surface area contributed by atoms with Crippen molar-refractivity contribution in [3.63, 3.8) is 0 Å². The zero-order valence-electron chi connectivity index (χ0n) is 16.9. The fraction of sp³-hybridized carbons (Fsp3) is 0.522. The van der Waals surface area contributed by atoms with Crippen LogP contribution in [0, 0.1) is 12.8 Å². The van der Waals surface area contributed by atoms with Crippen LogP contribution in [0.5, 0.6) is 5.75 Å². The molecule has 0 atom stereocenters. The summed E-state index contributed by atoms with van der Waals surface area (Å²) in [6.07, 6.45) is 3.02. The highest BCUT2D eigenvalue weighted by Gasteiger charge is 2.23. The zero-order chi connectivity index (χ0) is 19.1. The van der Waals surface area contributed by atoms with E-state index >= 15 is 0 Å². The second-order valence-corrected chi connectivity index (χ2v) is 7.74. The maximum atomic E-state index is 6.14. The number of aromatic nitrogens is 1. The van der Waals surface area contributed by atoms with Gasteiger partial charge in [0.2, 0.25) is 0 Å². The Labute approximate surface area is 163 Å². The predicted molar refractivity (Wildman–Crippen MR) is 109 cm³/mol. The minimum absolute atomic E-state index is 0.631. The number of ether oxygens (including phenoxy) is 2. The van der Waals surface area contributed by atoms with Gasteiger partial charge in [0.15, 0.2) is 0 Å². The number of hydrogen-bond acceptors (Lipinski definition) is 4. The molecule has 0 fully saturated rings. The van der Waals surface area contributed by atoms with Gasteiger partial charge in [0, 0.05) is 17.5 Å². The molecule has 0 saturated heterocycles. The molecule has 1 aromatic carbocycles. The van der Waals surface area contributed by atoms with Crippen molar-refractivity contribution in [2.75, 3.05) is 19.7 Å². The minimum atomic E-state index is 0.631. The van der Waals surface area contributed by atoms with Crippen LogP contribution >= 0.6 is 0 Å². The number of nitrogens with zero attached hydrogens (tertiary/aromatic N) is 1. The Morgan fingerprint density at radius 2 is 1.89 bits per heavy atom. The zero-order valence-corrected chi connectivity index (χ0v) is 16.9. The molecule has 3 rings (SSSR count). The van der Waals surface area contributed by atoms with Gasteiger partial charge in [-0.3, -0.25) is 4.98 Å². The molecule has 1 N–H and O–H groups in total. The molecule has 0 amide bonds. The number of aryl methyl sites for hydroxylation is 1. The molecule has 0 spiro atoms. The summed E-state index contributed by atoms with van der Waals surface area (Å²) in [6.45, 7) is 10.6. The Bertz CT molecular complexity index is 729. The summed E-state index contributed by atoms with van der Waals surface area (Å²) >= 11 is 0. The molecular formula is C23H32N2O2. The molecular weight excluding hydrogens is 336 g/mol. The molecule has 0 saturated carbocycles. The number of benzene rings is 1. The van der Waals surface area contributed by atoms with Gasteiger partial charge in [-0.25, -0.2) is 0 Å². The van der Waals surface area contributed by atoms with Crippen molar-refractivity contribution in [3.05, 3.63) is 58.4 Å². The van der Waals surface area contributed by atoms with Crippen LogP contribution in [-0.2, 0) is 24.4 Å². The largest absolute Gasteiger partial charge is 0.491 e. The molecule has 2 heterocycles. The molecule has 0 aliphatic carbocycles. The molecule has 1 aromatic heterocycles. The first-order valence-electron chi connectivity index (χ1n) is 10.1. The second kappa shape index (κ2) is 9.86. The minimum Gasteiger partial charge on any atom is -0.491 e. The summed E-state index contributed by atoms with van der Waals surface area (Å²) in [7, 11) is 0. The summed E-state index contributed by atoms with van der Waals surface area (Å²) in [5.74, 6) is 1.64. The van der Waals surface area contributed by atoms with Crippen molar-refractivity contribution in [2.24, 2.45) is 5.92 Å². The lowest BCUT2D eigenvalue weighted by Gasteiger charge is -2.16. The quantitative estimate of drug-likeness (QED) is 0.631. The lowest BCUT2D eigenvalue weighted by Crippen LogP contribution is -2.21. The van der Waals surface area contributed by atoms with Crippen LogP contribution < -0.4 is 10.1 Å². The molecule has 0 bridgehead atoms. The SMILES string of the molecule is Cc1nc(Cc2ccccc2)c2c(c1OCCCCNCC(C)C)COC2. The summed E-state index contributed by atoms with van der Waals surface area (Å²) in [5.41, 5.74) is 5.80. The molecule has 0 radical (unpaired) electrons. The normalized spacial score (nSPS) is 13.2. The van der Waals surface area contributed by atoms with E-state index in [4.69, 9.17) is 14.5 Å². The molecule has 27 heavy (non-hydrogen) atoms. The van der Waals surface area contributed by atoms with Gasteiger partial charge in [-0.15, -0.1) is 0 Å². The Balaban J connectivity index is 1.59. The van der Waals surface area contributed by atoms with E-state index in [9.17, 15) is 0 Å². The third-order valence-electron chi connectivity index (χ3n) is 4.87. The van der Waals surface area contributed by atoms with Crippen molar-refractivity contribution in [1.82, 2.24) is 10.3 Å². The third-order valence-corrected chi connectivity index (χ3v) is 4.87. The number of rotatable bonds is 10. The fourth-order valence-corrected chi connectivity index (χ4v) is 3.47.